The summed E-state index contributed by atoms with van der Waals surface area (Å²) in [6.45, 7) is 7.66. The van der Waals surface area contributed by atoms with Crippen LogP contribution in [0.15, 0.2) is 72.3 Å². The number of hydrogen-bond acceptors (Lipinski definition) is 9. The van der Waals surface area contributed by atoms with Crippen LogP contribution in [-0.2, 0) is 34.4 Å². The van der Waals surface area contributed by atoms with Crippen LogP contribution in [0.1, 0.15) is 56.0 Å². The van der Waals surface area contributed by atoms with E-state index in [0.29, 0.717) is 50.2 Å². The van der Waals surface area contributed by atoms with E-state index in [1.807, 2.05) is 30.3 Å². The number of rotatable bonds is 15. The van der Waals surface area contributed by atoms with E-state index in [2.05, 4.69) is 87.0 Å². The van der Waals surface area contributed by atoms with Crippen LogP contribution < -0.4 is 15.0 Å². The standard InChI is InChI=1S/C39H49N7O4/c1-4-5-20-48-23-24-50-36-13-8-30(9-14-36)31-10-15-37-33(25-31)26-32(16-19-46(37)28-38-41-43-45(3)42-38)39(47)40-34-11-6-29(7-12-34)27-44(2)35-17-21-49-22-18-35/h6-15,25-26,35H,4-5,16-24,27-28H2,1-3H3,(H,40,47). The normalized spacial score (nSPS) is 15.0. The van der Waals surface area contributed by atoms with Crippen molar-refractivity contribution in [1.29, 1.82) is 0 Å². The van der Waals surface area contributed by atoms with E-state index < -0.39 is 0 Å². The summed E-state index contributed by atoms with van der Waals surface area (Å²) < 4.78 is 17.0. The molecule has 264 valence electrons. The second-order valence-corrected chi connectivity index (χ2v) is 13.1. The van der Waals surface area contributed by atoms with Crippen LogP contribution in [0.3, 0.4) is 0 Å². The van der Waals surface area contributed by atoms with Crippen LogP contribution in [0.4, 0.5) is 11.4 Å². The van der Waals surface area contributed by atoms with E-state index in [1.54, 1.807) is 7.05 Å². The minimum Gasteiger partial charge on any atom is -0.491 e. The molecule has 0 saturated carbocycles. The van der Waals surface area contributed by atoms with Gasteiger partial charge in [-0.2, -0.15) is 4.80 Å². The summed E-state index contributed by atoms with van der Waals surface area (Å²) in [7, 11) is 3.94. The molecule has 11 heteroatoms. The predicted molar refractivity (Wildman–Crippen MR) is 196 cm³/mol. The van der Waals surface area contributed by atoms with Gasteiger partial charge < -0.3 is 24.4 Å². The average Bonchev–Trinajstić information content (AvgIpc) is 3.47. The Kier molecular flexibility index (Phi) is 12.3. The van der Waals surface area contributed by atoms with Crippen molar-refractivity contribution in [2.45, 2.75) is 58.2 Å². The molecule has 3 heterocycles. The lowest BCUT2D eigenvalue weighted by Gasteiger charge is -2.31. The molecule has 1 saturated heterocycles. The number of carbonyl (C=O) groups excluding carboxylic acids is 1. The lowest BCUT2D eigenvalue weighted by atomic mass is 10.00. The van der Waals surface area contributed by atoms with Crippen LogP contribution in [-0.4, -0.2) is 83.7 Å². The van der Waals surface area contributed by atoms with Gasteiger partial charge in [0.15, 0.2) is 5.82 Å². The molecular formula is C39H49N7O4. The Bertz CT molecular complexity index is 1720. The number of aromatic nitrogens is 4. The molecule has 1 fully saturated rings. The Labute approximate surface area is 295 Å². The van der Waals surface area contributed by atoms with E-state index in [4.69, 9.17) is 14.2 Å². The largest absolute Gasteiger partial charge is 0.491 e. The molecule has 6 rings (SSSR count). The number of hydrogen-bond donors (Lipinski definition) is 1. The van der Waals surface area contributed by atoms with Gasteiger partial charge in [-0.15, -0.1) is 10.2 Å². The Morgan fingerprint density at radius 2 is 1.78 bits per heavy atom. The van der Waals surface area contributed by atoms with Gasteiger partial charge >= 0.3 is 0 Å². The zero-order chi connectivity index (χ0) is 34.7. The van der Waals surface area contributed by atoms with Crippen molar-refractivity contribution in [3.05, 3.63) is 89.3 Å². The molecule has 4 aromatic rings. The smallest absolute Gasteiger partial charge is 0.251 e. The summed E-state index contributed by atoms with van der Waals surface area (Å²) in [5.41, 5.74) is 6.81. The van der Waals surface area contributed by atoms with Crippen molar-refractivity contribution in [1.82, 2.24) is 25.1 Å². The van der Waals surface area contributed by atoms with E-state index in [9.17, 15) is 4.79 Å². The summed E-state index contributed by atoms with van der Waals surface area (Å²) in [4.78, 5) is 19.8. The molecular weight excluding hydrogens is 630 g/mol. The maximum Gasteiger partial charge on any atom is 0.251 e. The maximum absolute atomic E-state index is 13.7. The first-order chi connectivity index (χ1) is 24.4. The van der Waals surface area contributed by atoms with Gasteiger partial charge in [0.1, 0.15) is 12.4 Å². The van der Waals surface area contributed by atoms with Crippen molar-refractivity contribution in [3.8, 4) is 16.9 Å². The first-order valence-corrected chi connectivity index (χ1v) is 17.8. The molecule has 0 unspecified atom stereocenters. The summed E-state index contributed by atoms with van der Waals surface area (Å²) in [6.07, 6.45) is 6.90. The van der Waals surface area contributed by atoms with Crippen LogP contribution in [0.5, 0.6) is 5.75 Å². The fourth-order valence-electron chi connectivity index (χ4n) is 6.43. The third kappa shape index (κ3) is 9.56. The molecule has 0 radical (unpaired) electrons. The third-order valence-corrected chi connectivity index (χ3v) is 9.31. The Morgan fingerprint density at radius 3 is 2.52 bits per heavy atom. The van der Waals surface area contributed by atoms with Crippen molar-refractivity contribution >= 4 is 23.4 Å². The van der Waals surface area contributed by atoms with Gasteiger partial charge in [-0.05, 0) is 103 Å². The number of tetrazole rings is 1. The number of fused-ring (bicyclic) bond motifs is 1. The zero-order valence-electron chi connectivity index (χ0n) is 29.5. The Balaban J connectivity index is 1.16. The number of amides is 1. The minimum atomic E-state index is -0.104. The number of nitrogens with zero attached hydrogens (tertiary/aromatic N) is 6. The monoisotopic (exact) mass is 679 g/mol. The highest BCUT2D eigenvalue weighted by atomic mass is 16.5. The molecule has 3 aromatic carbocycles. The van der Waals surface area contributed by atoms with Crippen molar-refractivity contribution in [2.24, 2.45) is 7.05 Å². The second-order valence-electron chi connectivity index (χ2n) is 13.1. The van der Waals surface area contributed by atoms with E-state index in [0.717, 1.165) is 85.9 Å². The van der Waals surface area contributed by atoms with Gasteiger partial charge in [0.2, 0.25) is 0 Å². The fraction of sp³-hybridized carbons (Fsp3) is 0.436. The summed E-state index contributed by atoms with van der Waals surface area (Å²) in [6, 6.07) is 23.2. The number of anilines is 2. The van der Waals surface area contributed by atoms with Gasteiger partial charge in [0.25, 0.3) is 5.91 Å². The number of carbonyl (C=O) groups is 1. The first kappa shape index (κ1) is 35.3. The zero-order valence-corrected chi connectivity index (χ0v) is 29.5. The highest BCUT2D eigenvalue weighted by Gasteiger charge is 2.22. The molecule has 0 aliphatic carbocycles. The van der Waals surface area contributed by atoms with Crippen LogP contribution in [0, 0.1) is 0 Å². The average molecular weight is 680 g/mol. The molecule has 1 amide bonds. The van der Waals surface area contributed by atoms with E-state index in [-0.39, 0.29) is 5.91 Å². The lowest BCUT2D eigenvalue weighted by molar-refractivity contribution is -0.112. The van der Waals surface area contributed by atoms with Crippen LogP contribution in [0.25, 0.3) is 17.2 Å². The highest BCUT2D eigenvalue weighted by molar-refractivity contribution is 6.07. The number of nitrogens with one attached hydrogen (secondary N) is 1. The molecule has 1 N–H and O–H groups in total. The van der Waals surface area contributed by atoms with Gasteiger partial charge in [-0.3, -0.25) is 9.69 Å². The summed E-state index contributed by atoms with van der Waals surface area (Å²) in [5, 5.41) is 15.8. The second kappa shape index (κ2) is 17.4. The molecule has 0 spiro atoms. The molecule has 0 atom stereocenters. The van der Waals surface area contributed by atoms with E-state index >= 15 is 0 Å². The van der Waals surface area contributed by atoms with Crippen molar-refractivity contribution < 1.29 is 19.0 Å². The molecule has 2 aliphatic heterocycles. The van der Waals surface area contributed by atoms with Crippen LogP contribution in [0.2, 0.25) is 0 Å². The number of ether oxygens (including phenoxy) is 3. The van der Waals surface area contributed by atoms with Gasteiger partial charge in [0.05, 0.1) is 20.2 Å². The highest BCUT2D eigenvalue weighted by Crippen LogP contribution is 2.34. The molecule has 1 aromatic heterocycles. The first-order valence-electron chi connectivity index (χ1n) is 17.8. The quantitative estimate of drug-likeness (QED) is 0.149. The summed E-state index contributed by atoms with van der Waals surface area (Å²) >= 11 is 0. The lowest BCUT2D eigenvalue weighted by Crippen LogP contribution is -2.36. The SMILES string of the molecule is CCCCOCCOc1ccc(-c2ccc3c(c2)C=C(C(=O)Nc2ccc(CN(C)C4CCOCC4)cc2)CCN3Cc2nnn(C)n2)cc1. The summed E-state index contributed by atoms with van der Waals surface area (Å²) in [5.74, 6) is 1.33. The number of benzene rings is 3. The molecule has 0 bridgehead atoms. The van der Waals surface area contributed by atoms with Crippen LogP contribution >= 0.6 is 0 Å². The van der Waals surface area contributed by atoms with E-state index in [1.165, 1.54) is 10.4 Å². The number of unbranched alkanes of at least 4 members (excludes halogenated alkanes) is 1. The minimum absolute atomic E-state index is 0.104. The van der Waals surface area contributed by atoms with Crippen molar-refractivity contribution in [3.63, 3.8) is 0 Å². The third-order valence-electron chi connectivity index (χ3n) is 9.31. The van der Waals surface area contributed by atoms with Gasteiger partial charge in [-0.1, -0.05) is 43.7 Å². The molecule has 11 nitrogen and oxygen atoms in total. The predicted octanol–water partition coefficient (Wildman–Crippen LogP) is 6.12. The maximum atomic E-state index is 13.7. The van der Waals surface area contributed by atoms with Crippen molar-refractivity contribution in [2.75, 3.05) is 56.8 Å². The Morgan fingerprint density at radius 1 is 1.00 bits per heavy atom. The molecule has 2 aliphatic rings. The van der Waals surface area contributed by atoms with Gasteiger partial charge in [0, 0.05) is 55.9 Å². The number of aryl methyl sites for hydroxylation is 1. The Hall–Kier alpha value is -4.58. The topological polar surface area (TPSA) is 107 Å². The fourth-order valence-corrected chi connectivity index (χ4v) is 6.43. The molecule has 50 heavy (non-hydrogen) atoms. The van der Waals surface area contributed by atoms with Gasteiger partial charge in [-0.25, -0.2) is 0 Å².